The van der Waals surface area contributed by atoms with Crippen LogP contribution >= 0.6 is 0 Å². The maximum absolute atomic E-state index is 13.8. The lowest BCUT2D eigenvalue weighted by atomic mass is 9.90. The van der Waals surface area contributed by atoms with Crippen LogP contribution in [0.25, 0.3) is 0 Å². The van der Waals surface area contributed by atoms with E-state index in [-0.39, 0.29) is 5.75 Å². The van der Waals surface area contributed by atoms with Gasteiger partial charge in [0.1, 0.15) is 5.82 Å². The van der Waals surface area contributed by atoms with Gasteiger partial charge in [-0.3, -0.25) is 0 Å². The molecule has 88 valence electrons. The molecule has 4 heteroatoms. The Bertz CT molecular complexity index is 400. The smallest absolute Gasteiger partial charge is 0.165 e. The zero-order valence-corrected chi connectivity index (χ0v) is 9.44. The summed E-state index contributed by atoms with van der Waals surface area (Å²) in [5.74, 6) is -0.994. The third-order valence-electron chi connectivity index (χ3n) is 3.20. The zero-order valence-electron chi connectivity index (χ0n) is 9.44. The van der Waals surface area contributed by atoms with Crippen molar-refractivity contribution in [3.8, 4) is 5.75 Å². The first-order chi connectivity index (χ1) is 7.57. The standard InChI is InChI=1S/C12H15F2NO/c1-12(4-3-5-15-12)8-6-10(14)11(16-2)7-9(8)13/h6-7,15H,3-5H2,1-2H3. The minimum absolute atomic E-state index is 0.0529. The van der Waals surface area contributed by atoms with Crippen LogP contribution in [0.1, 0.15) is 25.3 Å². The molecule has 1 fully saturated rings. The molecule has 2 rings (SSSR count). The molecule has 1 aliphatic rings. The summed E-state index contributed by atoms with van der Waals surface area (Å²) in [5, 5.41) is 3.21. The van der Waals surface area contributed by atoms with Gasteiger partial charge in [-0.25, -0.2) is 8.78 Å². The van der Waals surface area contributed by atoms with Crippen LogP contribution in [0.15, 0.2) is 12.1 Å². The summed E-state index contributed by atoms with van der Waals surface area (Å²) >= 11 is 0. The van der Waals surface area contributed by atoms with Gasteiger partial charge in [0, 0.05) is 17.2 Å². The number of methoxy groups -OCH3 is 1. The van der Waals surface area contributed by atoms with Crippen LogP contribution in [0.4, 0.5) is 8.78 Å². The predicted molar refractivity (Wildman–Crippen MR) is 57.5 cm³/mol. The summed E-state index contributed by atoms with van der Waals surface area (Å²) in [6.45, 7) is 2.73. The molecule has 16 heavy (non-hydrogen) atoms. The van der Waals surface area contributed by atoms with Crippen molar-refractivity contribution in [2.24, 2.45) is 0 Å². The van der Waals surface area contributed by atoms with Crippen LogP contribution in [-0.4, -0.2) is 13.7 Å². The van der Waals surface area contributed by atoms with E-state index in [9.17, 15) is 8.78 Å². The van der Waals surface area contributed by atoms with Crippen molar-refractivity contribution in [3.63, 3.8) is 0 Å². The quantitative estimate of drug-likeness (QED) is 0.838. The maximum Gasteiger partial charge on any atom is 0.165 e. The number of benzene rings is 1. The highest BCUT2D eigenvalue weighted by Gasteiger charge is 2.33. The lowest BCUT2D eigenvalue weighted by Crippen LogP contribution is -2.34. The third-order valence-corrected chi connectivity index (χ3v) is 3.20. The minimum Gasteiger partial charge on any atom is -0.494 e. The van der Waals surface area contributed by atoms with Crippen molar-refractivity contribution < 1.29 is 13.5 Å². The van der Waals surface area contributed by atoms with Gasteiger partial charge in [0.15, 0.2) is 11.6 Å². The number of hydrogen-bond donors (Lipinski definition) is 1. The van der Waals surface area contributed by atoms with E-state index < -0.39 is 17.2 Å². The van der Waals surface area contributed by atoms with E-state index >= 15 is 0 Å². The predicted octanol–water partition coefficient (Wildman–Crippen LogP) is 2.57. The summed E-state index contributed by atoms with van der Waals surface area (Å²) in [5.41, 5.74) is -0.0831. The zero-order chi connectivity index (χ0) is 11.8. The molecule has 1 aliphatic heterocycles. The molecule has 0 aliphatic carbocycles. The molecule has 1 aromatic rings. The Balaban J connectivity index is 2.45. The summed E-state index contributed by atoms with van der Waals surface area (Å²) in [6, 6.07) is 2.34. The molecule has 0 bridgehead atoms. The van der Waals surface area contributed by atoms with E-state index in [2.05, 4.69) is 5.32 Å². The SMILES string of the molecule is COc1cc(F)c(C2(C)CCCN2)cc1F. The Morgan fingerprint density at radius 3 is 2.62 bits per heavy atom. The first-order valence-corrected chi connectivity index (χ1v) is 5.35. The van der Waals surface area contributed by atoms with Crippen molar-refractivity contribution in [2.75, 3.05) is 13.7 Å². The molecule has 1 saturated heterocycles. The summed E-state index contributed by atoms with van der Waals surface area (Å²) < 4.78 is 32.1. The van der Waals surface area contributed by atoms with Gasteiger partial charge in [0.05, 0.1) is 7.11 Å². The Hall–Kier alpha value is -1.16. The van der Waals surface area contributed by atoms with Crippen LogP contribution in [0.3, 0.4) is 0 Å². The van der Waals surface area contributed by atoms with Gasteiger partial charge < -0.3 is 10.1 Å². The maximum atomic E-state index is 13.8. The number of halogens is 2. The van der Waals surface area contributed by atoms with Gasteiger partial charge in [-0.15, -0.1) is 0 Å². The lowest BCUT2D eigenvalue weighted by Gasteiger charge is -2.25. The van der Waals surface area contributed by atoms with Crippen molar-refractivity contribution in [1.29, 1.82) is 0 Å². The average Bonchev–Trinajstić information content (AvgIpc) is 2.69. The Labute approximate surface area is 93.6 Å². The van der Waals surface area contributed by atoms with Crippen LogP contribution < -0.4 is 10.1 Å². The molecule has 0 spiro atoms. The molecule has 1 unspecified atom stereocenters. The van der Waals surface area contributed by atoms with Crippen LogP contribution in [0.2, 0.25) is 0 Å². The number of rotatable bonds is 2. The van der Waals surface area contributed by atoms with Gasteiger partial charge in [-0.05, 0) is 32.4 Å². The highest BCUT2D eigenvalue weighted by Crippen LogP contribution is 2.34. The topological polar surface area (TPSA) is 21.3 Å². The molecule has 1 heterocycles. The second-order valence-electron chi connectivity index (χ2n) is 4.33. The molecule has 0 saturated carbocycles. The number of ether oxygens (including phenoxy) is 1. The van der Waals surface area contributed by atoms with E-state index in [4.69, 9.17) is 4.74 Å². The van der Waals surface area contributed by atoms with Gasteiger partial charge in [0.25, 0.3) is 0 Å². The van der Waals surface area contributed by atoms with E-state index in [1.165, 1.54) is 13.2 Å². The van der Waals surface area contributed by atoms with Crippen LogP contribution in [0, 0.1) is 11.6 Å². The molecule has 0 aromatic heterocycles. The first kappa shape index (κ1) is 11.3. The Kier molecular flexibility index (Phi) is 2.84. The molecule has 1 aromatic carbocycles. The molecular weight excluding hydrogens is 212 g/mol. The highest BCUT2D eigenvalue weighted by molar-refractivity contribution is 5.35. The van der Waals surface area contributed by atoms with E-state index in [1.54, 1.807) is 0 Å². The van der Waals surface area contributed by atoms with Crippen molar-refractivity contribution >= 4 is 0 Å². The van der Waals surface area contributed by atoms with Gasteiger partial charge in [0.2, 0.25) is 0 Å². The Morgan fingerprint density at radius 2 is 2.06 bits per heavy atom. The summed E-state index contributed by atoms with van der Waals surface area (Å²) in [6.07, 6.45) is 1.79. The van der Waals surface area contributed by atoms with Gasteiger partial charge in [-0.1, -0.05) is 0 Å². The fourth-order valence-electron chi connectivity index (χ4n) is 2.23. The van der Waals surface area contributed by atoms with Crippen molar-refractivity contribution in [2.45, 2.75) is 25.3 Å². The van der Waals surface area contributed by atoms with Gasteiger partial charge >= 0.3 is 0 Å². The Morgan fingerprint density at radius 1 is 1.31 bits per heavy atom. The molecule has 0 radical (unpaired) electrons. The molecular formula is C12H15F2NO. The second-order valence-corrected chi connectivity index (χ2v) is 4.33. The van der Waals surface area contributed by atoms with Crippen molar-refractivity contribution in [1.82, 2.24) is 5.32 Å². The fourth-order valence-corrected chi connectivity index (χ4v) is 2.23. The highest BCUT2D eigenvalue weighted by atomic mass is 19.1. The molecule has 1 atom stereocenters. The van der Waals surface area contributed by atoms with Crippen LogP contribution in [-0.2, 0) is 5.54 Å². The molecule has 1 N–H and O–H groups in total. The lowest BCUT2D eigenvalue weighted by molar-refractivity contribution is 0.370. The third kappa shape index (κ3) is 1.78. The fraction of sp³-hybridized carbons (Fsp3) is 0.500. The van der Waals surface area contributed by atoms with E-state index in [0.717, 1.165) is 25.5 Å². The second kappa shape index (κ2) is 4.01. The van der Waals surface area contributed by atoms with E-state index in [1.807, 2.05) is 6.92 Å². The van der Waals surface area contributed by atoms with E-state index in [0.29, 0.717) is 5.56 Å². The summed E-state index contributed by atoms with van der Waals surface area (Å²) in [7, 11) is 1.33. The van der Waals surface area contributed by atoms with Crippen molar-refractivity contribution in [3.05, 3.63) is 29.3 Å². The average molecular weight is 227 g/mol. The summed E-state index contributed by atoms with van der Waals surface area (Å²) in [4.78, 5) is 0. The van der Waals surface area contributed by atoms with Crippen LogP contribution in [0.5, 0.6) is 5.75 Å². The molecule has 2 nitrogen and oxygen atoms in total. The largest absolute Gasteiger partial charge is 0.494 e. The minimum atomic E-state index is -0.520. The van der Waals surface area contributed by atoms with Gasteiger partial charge in [-0.2, -0.15) is 0 Å². The molecule has 0 amide bonds. The number of hydrogen-bond acceptors (Lipinski definition) is 2. The monoisotopic (exact) mass is 227 g/mol. The first-order valence-electron chi connectivity index (χ1n) is 5.35. The number of nitrogens with one attached hydrogen (secondary N) is 1. The normalized spacial score (nSPS) is 24.8.